The highest BCUT2D eigenvalue weighted by Crippen LogP contribution is 2.29. The van der Waals surface area contributed by atoms with Crippen LogP contribution < -0.4 is 19.5 Å². The molecule has 1 atom stereocenters. The molecule has 0 saturated heterocycles. The van der Waals surface area contributed by atoms with Gasteiger partial charge in [0.15, 0.2) is 6.61 Å². The van der Waals surface area contributed by atoms with Crippen molar-refractivity contribution in [2.45, 2.75) is 19.9 Å². The fourth-order valence-electron chi connectivity index (χ4n) is 2.39. The summed E-state index contributed by atoms with van der Waals surface area (Å²) in [5.41, 5.74) is 1.89. The molecule has 5 nitrogen and oxygen atoms in total. The molecule has 134 valence electrons. The van der Waals surface area contributed by atoms with Crippen LogP contribution in [-0.2, 0) is 4.79 Å². The maximum atomic E-state index is 12.2. The van der Waals surface area contributed by atoms with E-state index in [1.165, 1.54) is 0 Å². The number of amides is 1. The molecule has 2 aromatic rings. The summed E-state index contributed by atoms with van der Waals surface area (Å²) in [7, 11) is 3.20. The Morgan fingerprint density at radius 3 is 2.48 bits per heavy atom. The summed E-state index contributed by atoms with van der Waals surface area (Å²) >= 11 is 3.44. The lowest BCUT2D eigenvalue weighted by Crippen LogP contribution is -2.31. The normalized spacial score (nSPS) is 11.6. The van der Waals surface area contributed by atoms with Gasteiger partial charge in [0.25, 0.3) is 5.91 Å². The molecular weight excluding hydrogens is 386 g/mol. The van der Waals surface area contributed by atoms with Gasteiger partial charge in [0.1, 0.15) is 17.2 Å². The van der Waals surface area contributed by atoms with Gasteiger partial charge in [-0.1, -0.05) is 15.9 Å². The van der Waals surface area contributed by atoms with E-state index >= 15 is 0 Å². The summed E-state index contributed by atoms with van der Waals surface area (Å²) in [5, 5.41) is 2.91. The quantitative estimate of drug-likeness (QED) is 0.752. The van der Waals surface area contributed by atoms with Crippen LogP contribution in [0.15, 0.2) is 40.9 Å². The third kappa shape index (κ3) is 5.13. The van der Waals surface area contributed by atoms with Crippen molar-refractivity contribution in [1.82, 2.24) is 5.32 Å². The lowest BCUT2D eigenvalue weighted by atomic mass is 10.1. The molecule has 0 bridgehead atoms. The average molecular weight is 408 g/mol. The van der Waals surface area contributed by atoms with Crippen molar-refractivity contribution in [1.29, 1.82) is 0 Å². The Hall–Kier alpha value is -2.21. The molecule has 1 N–H and O–H groups in total. The van der Waals surface area contributed by atoms with Gasteiger partial charge in [0, 0.05) is 10.0 Å². The highest BCUT2D eigenvalue weighted by molar-refractivity contribution is 9.10. The van der Waals surface area contributed by atoms with E-state index in [0.29, 0.717) is 17.2 Å². The number of carbonyl (C=O) groups is 1. The largest absolute Gasteiger partial charge is 0.497 e. The first-order chi connectivity index (χ1) is 11.9. The number of aryl methyl sites for hydroxylation is 1. The maximum Gasteiger partial charge on any atom is 0.258 e. The fraction of sp³-hybridized carbons (Fsp3) is 0.316. The minimum Gasteiger partial charge on any atom is -0.497 e. The molecule has 0 radical (unpaired) electrons. The van der Waals surface area contributed by atoms with Gasteiger partial charge in [0.05, 0.1) is 20.3 Å². The Bertz CT molecular complexity index is 748. The predicted molar refractivity (Wildman–Crippen MR) is 100 cm³/mol. The van der Waals surface area contributed by atoms with Crippen molar-refractivity contribution in [3.8, 4) is 17.2 Å². The Morgan fingerprint density at radius 2 is 1.84 bits per heavy atom. The number of methoxy groups -OCH3 is 2. The standard InChI is InChI=1S/C19H22BrNO4/c1-12-9-15(5-7-17(12)20)25-11-19(22)21-13(2)16-10-14(23-3)6-8-18(16)24-4/h5-10,13H,11H2,1-4H3,(H,21,22)/t13-/m1/s1. The zero-order valence-corrected chi connectivity index (χ0v) is 16.3. The topological polar surface area (TPSA) is 56.8 Å². The zero-order chi connectivity index (χ0) is 18.4. The van der Waals surface area contributed by atoms with Crippen LogP contribution in [0.25, 0.3) is 0 Å². The first-order valence-electron chi connectivity index (χ1n) is 7.84. The number of hydrogen-bond acceptors (Lipinski definition) is 4. The number of rotatable bonds is 7. The Morgan fingerprint density at radius 1 is 1.12 bits per heavy atom. The molecule has 0 aliphatic rings. The molecule has 0 aliphatic carbocycles. The summed E-state index contributed by atoms with van der Waals surface area (Å²) in [5.74, 6) is 1.84. The van der Waals surface area contributed by atoms with Crippen LogP contribution in [0, 0.1) is 6.92 Å². The monoisotopic (exact) mass is 407 g/mol. The zero-order valence-electron chi connectivity index (χ0n) is 14.8. The lowest BCUT2D eigenvalue weighted by molar-refractivity contribution is -0.123. The van der Waals surface area contributed by atoms with Crippen molar-refractivity contribution < 1.29 is 19.0 Å². The number of hydrogen-bond donors (Lipinski definition) is 1. The summed E-state index contributed by atoms with van der Waals surface area (Å²) in [4.78, 5) is 12.2. The summed E-state index contributed by atoms with van der Waals surface area (Å²) in [6.45, 7) is 3.80. The Labute approximate surface area is 156 Å². The first kappa shape index (κ1) is 19.1. The van der Waals surface area contributed by atoms with Crippen molar-refractivity contribution in [3.05, 3.63) is 52.0 Å². The van der Waals surface area contributed by atoms with Crippen LogP contribution >= 0.6 is 15.9 Å². The van der Waals surface area contributed by atoms with Gasteiger partial charge in [-0.3, -0.25) is 4.79 Å². The molecule has 25 heavy (non-hydrogen) atoms. The van der Waals surface area contributed by atoms with E-state index in [9.17, 15) is 4.79 Å². The smallest absolute Gasteiger partial charge is 0.258 e. The van der Waals surface area contributed by atoms with Crippen molar-refractivity contribution in [2.24, 2.45) is 0 Å². The maximum absolute atomic E-state index is 12.2. The van der Waals surface area contributed by atoms with Crippen LogP contribution in [0.3, 0.4) is 0 Å². The minimum absolute atomic E-state index is 0.0578. The molecule has 1 amide bonds. The summed E-state index contributed by atoms with van der Waals surface area (Å²) < 4.78 is 17.2. The second-order valence-electron chi connectivity index (χ2n) is 5.60. The van der Waals surface area contributed by atoms with Crippen molar-refractivity contribution in [2.75, 3.05) is 20.8 Å². The number of ether oxygens (including phenoxy) is 3. The lowest BCUT2D eigenvalue weighted by Gasteiger charge is -2.18. The van der Waals surface area contributed by atoms with Gasteiger partial charge >= 0.3 is 0 Å². The first-order valence-corrected chi connectivity index (χ1v) is 8.64. The third-order valence-electron chi connectivity index (χ3n) is 3.78. The van der Waals surface area contributed by atoms with E-state index in [1.54, 1.807) is 14.2 Å². The highest BCUT2D eigenvalue weighted by atomic mass is 79.9. The fourth-order valence-corrected chi connectivity index (χ4v) is 2.64. The Kier molecular flexibility index (Phi) is 6.70. The highest BCUT2D eigenvalue weighted by Gasteiger charge is 2.15. The second kappa shape index (κ2) is 8.76. The van der Waals surface area contributed by atoms with Crippen molar-refractivity contribution >= 4 is 21.8 Å². The van der Waals surface area contributed by atoms with Gasteiger partial charge in [-0.15, -0.1) is 0 Å². The molecule has 2 aromatic carbocycles. The van der Waals surface area contributed by atoms with Crippen LogP contribution in [-0.4, -0.2) is 26.7 Å². The molecule has 0 saturated carbocycles. The molecule has 0 aliphatic heterocycles. The average Bonchev–Trinajstić information content (AvgIpc) is 2.62. The van der Waals surface area contributed by atoms with Crippen molar-refractivity contribution in [3.63, 3.8) is 0 Å². The van der Waals surface area contributed by atoms with E-state index < -0.39 is 0 Å². The molecule has 0 unspecified atom stereocenters. The van der Waals surface area contributed by atoms with Crippen LogP contribution in [0.4, 0.5) is 0 Å². The Balaban J connectivity index is 1.99. The second-order valence-corrected chi connectivity index (χ2v) is 6.45. The number of benzene rings is 2. The summed E-state index contributed by atoms with van der Waals surface area (Å²) in [6, 6.07) is 10.8. The minimum atomic E-state index is -0.243. The van der Waals surface area contributed by atoms with E-state index in [1.807, 2.05) is 50.2 Å². The number of carbonyl (C=O) groups excluding carboxylic acids is 1. The SMILES string of the molecule is COc1ccc(OC)c([C@@H](C)NC(=O)COc2ccc(Br)c(C)c2)c1. The van der Waals surface area contributed by atoms with E-state index in [0.717, 1.165) is 15.6 Å². The van der Waals surface area contributed by atoms with Crippen LogP contribution in [0.2, 0.25) is 0 Å². The molecule has 2 rings (SSSR count). The van der Waals surface area contributed by atoms with Gasteiger partial charge in [0.2, 0.25) is 0 Å². The predicted octanol–water partition coefficient (Wildman–Crippen LogP) is 4.03. The van der Waals surface area contributed by atoms with Crippen LogP contribution in [0.1, 0.15) is 24.1 Å². The van der Waals surface area contributed by atoms with Gasteiger partial charge in [-0.25, -0.2) is 0 Å². The molecule has 0 aromatic heterocycles. The van der Waals surface area contributed by atoms with Gasteiger partial charge in [-0.05, 0) is 55.8 Å². The molecule has 6 heteroatoms. The number of nitrogens with one attached hydrogen (secondary N) is 1. The molecular formula is C19H22BrNO4. The molecule has 0 heterocycles. The third-order valence-corrected chi connectivity index (χ3v) is 4.67. The van der Waals surface area contributed by atoms with E-state index in [2.05, 4.69) is 21.2 Å². The van der Waals surface area contributed by atoms with E-state index in [-0.39, 0.29) is 18.6 Å². The van der Waals surface area contributed by atoms with Gasteiger partial charge in [-0.2, -0.15) is 0 Å². The number of halogens is 1. The van der Waals surface area contributed by atoms with Crippen LogP contribution in [0.5, 0.6) is 17.2 Å². The molecule has 0 spiro atoms. The molecule has 0 fully saturated rings. The van der Waals surface area contributed by atoms with E-state index in [4.69, 9.17) is 14.2 Å². The van der Waals surface area contributed by atoms with Gasteiger partial charge < -0.3 is 19.5 Å². The summed E-state index contributed by atoms with van der Waals surface area (Å²) in [6.07, 6.45) is 0.